The Morgan fingerprint density at radius 1 is 0.333 bits per heavy atom. The van der Waals surface area contributed by atoms with Gasteiger partial charge in [0.25, 0.3) is 0 Å². The SMILES string of the molecule is Brc1cc(-c2ccccc2)cc(-c2ccccn2)c1.Nc1ccccc1-c1ccccc1.c1ccc(-c2cc(Nc3ccccc3-c3ccccc3)cc(-c3ccccn3)c2)cc1. The first-order valence-corrected chi connectivity index (χ1v) is 21.6. The number of aromatic nitrogens is 2. The molecule has 8 aromatic carbocycles. The average Bonchev–Trinajstić information content (AvgIpc) is 3.36. The van der Waals surface area contributed by atoms with Gasteiger partial charge in [-0.2, -0.15) is 0 Å². The molecular weight excluding hydrogens is 833 g/mol. The summed E-state index contributed by atoms with van der Waals surface area (Å²) in [5.41, 5.74) is 22.3. The molecule has 0 spiro atoms. The van der Waals surface area contributed by atoms with Gasteiger partial charge in [0.2, 0.25) is 0 Å². The molecule has 3 N–H and O–H groups in total. The van der Waals surface area contributed by atoms with Gasteiger partial charge in [-0.25, -0.2) is 0 Å². The highest BCUT2D eigenvalue weighted by atomic mass is 79.9. The number of nitrogens with two attached hydrogens (primary N) is 1. The maximum absolute atomic E-state index is 5.85. The maximum Gasteiger partial charge on any atom is 0.0702 e. The van der Waals surface area contributed by atoms with Gasteiger partial charge >= 0.3 is 0 Å². The Bertz CT molecular complexity index is 2850. The molecule has 0 fully saturated rings. The molecule has 0 aliphatic rings. The standard InChI is InChI=1S/C29H22N2.C17H12BrN.C12H11N/c1-3-11-22(12-4-1)24-19-25(28-16-9-10-18-30-28)21-26(20-24)31-29-17-8-7-15-27(29)23-13-5-2-6-14-23;18-16-11-14(13-6-2-1-3-7-13)10-15(12-16)17-8-4-5-9-19-17;13-12-9-5-4-8-11(12)10-6-2-1-3-7-10/h1-21,31H;1-12H;1-9H,13H2. The first-order chi connectivity index (χ1) is 31.1. The van der Waals surface area contributed by atoms with Gasteiger partial charge in [-0.3, -0.25) is 9.97 Å². The third kappa shape index (κ3) is 11.3. The maximum atomic E-state index is 5.85. The van der Waals surface area contributed by atoms with Gasteiger partial charge in [0.15, 0.2) is 0 Å². The van der Waals surface area contributed by atoms with Crippen molar-refractivity contribution in [3.05, 3.63) is 260 Å². The van der Waals surface area contributed by atoms with E-state index >= 15 is 0 Å². The van der Waals surface area contributed by atoms with Gasteiger partial charge in [0.1, 0.15) is 0 Å². The molecule has 0 aliphatic heterocycles. The van der Waals surface area contributed by atoms with E-state index < -0.39 is 0 Å². The van der Waals surface area contributed by atoms with Crippen molar-refractivity contribution in [1.29, 1.82) is 0 Å². The van der Waals surface area contributed by atoms with Crippen molar-refractivity contribution in [2.45, 2.75) is 0 Å². The minimum absolute atomic E-state index is 0.828. The molecule has 4 nitrogen and oxygen atoms in total. The fraction of sp³-hybridized carbons (Fsp3) is 0. The fourth-order valence-electron chi connectivity index (χ4n) is 7.24. The van der Waals surface area contributed by atoms with Crippen LogP contribution in [0.1, 0.15) is 0 Å². The van der Waals surface area contributed by atoms with Crippen molar-refractivity contribution in [2.24, 2.45) is 0 Å². The van der Waals surface area contributed by atoms with Gasteiger partial charge in [0.05, 0.1) is 11.4 Å². The Hall–Kier alpha value is -7.86. The highest BCUT2D eigenvalue weighted by Gasteiger charge is 2.10. The van der Waals surface area contributed by atoms with E-state index in [0.29, 0.717) is 0 Å². The summed E-state index contributed by atoms with van der Waals surface area (Å²) >= 11 is 3.58. The number of nitrogens with one attached hydrogen (secondary N) is 1. The van der Waals surface area contributed by atoms with Crippen molar-refractivity contribution in [3.63, 3.8) is 0 Å². The van der Waals surface area contributed by atoms with Crippen LogP contribution in [0.5, 0.6) is 0 Å². The Kier molecular flexibility index (Phi) is 14.0. The lowest BCUT2D eigenvalue weighted by Gasteiger charge is -2.15. The molecule has 10 rings (SSSR count). The first-order valence-electron chi connectivity index (χ1n) is 20.8. The van der Waals surface area contributed by atoms with Crippen LogP contribution in [0.3, 0.4) is 0 Å². The number of pyridine rings is 2. The number of para-hydroxylation sites is 2. The summed E-state index contributed by atoms with van der Waals surface area (Å²) in [6.45, 7) is 0. The van der Waals surface area contributed by atoms with Crippen LogP contribution in [0, 0.1) is 0 Å². The minimum atomic E-state index is 0.828. The van der Waals surface area contributed by atoms with Crippen LogP contribution in [0.4, 0.5) is 17.1 Å². The zero-order valence-electron chi connectivity index (χ0n) is 34.6. The average molecular weight is 878 g/mol. The molecule has 63 heavy (non-hydrogen) atoms. The molecule has 0 atom stereocenters. The second-order valence-corrected chi connectivity index (χ2v) is 15.6. The number of anilines is 3. The molecule has 304 valence electrons. The number of nitrogens with zero attached hydrogens (tertiary/aromatic N) is 2. The number of halogens is 1. The van der Waals surface area contributed by atoms with Crippen LogP contribution >= 0.6 is 15.9 Å². The predicted molar refractivity (Wildman–Crippen MR) is 269 cm³/mol. The minimum Gasteiger partial charge on any atom is -0.398 e. The second-order valence-electron chi connectivity index (χ2n) is 14.7. The van der Waals surface area contributed by atoms with E-state index in [9.17, 15) is 0 Å². The Labute approximate surface area is 378 Å². The molecule has 0 bridgehead atoms. The van der Waals surface area contributed by atoms with Crippen molar-refractivity contribution in [1.82, 2.24) is 9.97 Å². The molecule has 5 heteroatoms. The van der Waals surface area contributed by atoms with Crippen molar-refractivity contribution >= 4 is 33.0 Å². The lowest BCUT2D eigenvalue weighted by Crippen LogP contribution is -1.95. The van der Waals surface area contributed by atoms with Crippen LogP contribution in [-0.4, -0.2) is 9.97 Å². The molecule has 0 unspecified atom stereocenters. The predicted octanol–water partition coefficient (Wildman–Crippen LogP) is 15.9. The zero-order chi connectivity index (χ0) is 43.1. The largest absolute Gasteiger partial charge is 0.398 e. The van der Waals surface area contributed by atoms with Crippen LogP contribution in [-0.2, 0) is 0 Å². The molecule has 2 aromatic heterocycles. The number of benzene rings is 8. The first kappa shape index (κ1) is 41.9. The second kappa shape index (κ2) is 21.1. The van der Waals surface area contributed by atoms with Gasteiger partial charge < -0.3 is 11.1 Å². The highest BCUT2D eigenvalue weighted by molar-refractivity contribution is 9.10. The molecule has 0 amide bonds. The van der Waals surface area contributed by atoms with Crippen LogP contribution in [0.25, 0.3) is 67.0 Å². The molecule has 2 heterocycles. The molecule has 0 radical (unpaired) electrons. The molecular formula is C58H45BrN4. The number of hydrogen-bond donors (Lipinski definition) is 2. The lowest BCUT2D eigenvalue weighted by atomic mass is 9.99. The van der Waals surface area contributed by atoms with Crippen LogP contribution < -0.4 is 11.1 Å². The number of hydrogen-bond acceptors (Lipinski definition) is 4. The van der Waals surface area contributed by atoms with E-state index in [1.54, 1.807) is 0 Å². The van der Waals surface area contributed by atoms with E-state index in [1.807, 2.05) is 109 Å². The summed E-state index contributed by atoms with van der Waals surface area (Å²) in [4.78, 5) is 8.97. The van der Waals surface area contributed by atoms with E-state index in [0.717, 1.165) is 55.2 Å². The topological polar surface area (TPSA) is 63.8 Å². The molecule has 0 saturated carbocycles. The Morgan fingerprint density at radius 2 is 0.730 bits per heavy atom. The summed E-state index contributed by atoms with van der Waals surface area (Å²) in [6.07, 6.45) is 3.65. The van der Waals surface area contributed by atoms with Crippen LogP contribution in [0.15, 0.2) is 260 Å². The number of nitrogen functional groups attached to an aromatic ring is 1. The Morgan fingerprint density at radius 3 is 1.25 bits per heavy atom. The van der Waals surface area contributed by atoms with Gasteiger partial charge in [-0.15, -0.1) is 0 Å². The summed E-state index contributed by atoms with van der Waals surface area (Å²) in [5.74, 6) is 0. The molecule has 0 aliphatic carbocycles. The zero-order valence-corrected chi connectivity index (χ0v) is 36.2. The van der Waals surface area contributed by atoms with Crippen molar-refractivity contribution < 1.29 is 0 Å². The van der Waals surface area contributed by atoms with E-state index in [2.05, 4.69) is 177 Å². The summed E-state index contributed by atoms with van der Waals surface area (Å²) in [7, 11) is 0. The van der Waals surface area contributed by atoms with E-state index in [1.165, 1.54) is 33.4 Å². The summed E-state index contributed by atoms with van der Waals surface area (Å²) < 4.78 is 1.06. The fourth-order valence-corrected chi connectivity index (χ4v) is 7.73. The normalized spacial score (nSPS) is 10.4. The lowest BCUT2D eigenvalue weighted by molar-refractivity contribution is 1.32. The quantitative estimate of drug-likeness (QED) is 0.149. The summed E-state index contributed by atoms with van der Waals surface area (Å²) in [5, 5.41) is 3.66. The molecule has 10 aromatic rings. The Balaban J connectivity index is 0.000000144. The third-order valence-corrected chi connectivity index (χ3v) is 10.8. The summed E-state index contributed by atoms with van der Waals surface area (Å²) in [6, 6.07) is 82.7. The smallest absolute Gasteiger partial charge is 0.0702 e. The van der Waals surface area contributed by atoms with Crippen molar-refractivity contribution in [2.75, 3.05) is 11.1 Å². The van der Waals surface area contributed by atoms with E-state index in [-0.39, 0.29) is 0 Å². The third-order valence-electron chi connectivity index (χ3n) is 10.3. The van der Waals surface area contributed by atoms with Crippen LogP contribution in [0.2, 0.25) is 0 Å². The number of rotatable bonds is 8. The van der Waals surface area contributed by atoms with Gasteiger partial charge in [-0.1, -0.05) is 186 Å². The molecule has 0 saturated heterocycles. The van der Waals surface area contributed by atoms with E-state index in [4.69, 9.17) is 5.73 Å². The van der Waals surface area contributed by atoms with Crippen molar-refractivity contribution in [3.8, 4) is 67.0 Å². The van der Waals surface area contributed by atoms with Gasteiger partial charge in [-0.05, 0) is 106 Å². The highest BCUT2D eigenvalue weighted by Crippen LogP contribution is 2.35. The monoisotopic (exact) mass is 876 g/mol. The van der Waals surface area contributed by atoms with Gasteiger partial charge in [0, 0.05) is 56.2 Å².